The largest absolute Gasteiger partial charge is 0.392 e. The van der Waals surface area contributed by atoms with E-state index in [1.807, 2.05) is 12.1 Å². The zero-order valence-electron chi connectivity index (χ0n) is 11.4. The van der Waals surface area contributed by atoms with Gasteiger partial charge in [-0.15, -0.1) is 0 Å². The second kappa shape index (κ2) is 6.60. The topological polar surface area (TPSA) is 36.4 Å². The van der Waals surface area contributed by atoms with Gasteiger partial charge in [-0.25, -0.2) is 4.98 Å². The molecule has 1 aromatic heterocycles. The van der Waals surface area contributed by atoms with Crippen LogP contribution in [0.2, 0.25) is 0 Å². The first kappa shape index (κ1) is 14.0. The Hall–Kier alpha value is -1.09. The summed E-state index contributed by atoms with van der Waals surface area (Å²) in [6.45, 7) is 10.6. The van der Waals surface area contributed by atoms with E-state index in [0.29, 0.717) is 5.92 Å². The molecule has 1 aromatic rings. The fourth-order valence-corrected chi connectivity index (χ4v) is 1.85. The van der Waals surface area contributed by atoms with Crippen molar-refractivity contribution < 1.29 is 5.11 Å². The summed E-state index contributed by atoms with van der Waals surface area (Å²) in [4.78, 5) is 6.94. The Morgan fingerprint density at radius 1 is 1.29 bits per heavy atom. The van der Waals surface area contributed by atoms with Gasteiger partial charge in [0.15, 0.2) is 0 Å². The molecule has 3 nitrogen and oxygen atoms in total. The standard InChI is InChI=1S/C14H24N2O/c1-5-7-16(6-2)14-9-12(10-17)8-13(15-14)11(3)4/h8-9,11,17H,5-7,10H2,1-4H3. The molecule has 0 aromatic carbocycles. The molecule has 0 spiro atoms. The Balaban J connectivity index is 3.08. The fraction of sp³-hybridized carbons (Fsp3) is 0.643. The van der Waals surface area contributed by atoms with Crippen molar-refractivity contribution in [3.63, 3.8) is 0 Å². The van der Waals surface area contributed by atoms with Crippen molar-refractivity contribution >= 4 is 5.82 Å². The minimum atomic E-state index is 0.0823. The van der Waals surface area contributed by atoms with Crippen molar-refractivity contribution in [3.05, 3.63) is 23.4 Å². The molecular weight excluding hydrogens is 212 g/mol. The third kappa shape index (κ3) is 3.70. The van der Waals surface area contributed by atoms with Crippen LogP contribution in [0.15, 0.2) is 12.1 Å². The van der Waals surface area contributed by atoms with Gasteiger partial charge in [0.2, 0.25) is 0 Å². The van der Waals surface area contributed by atoms with E-state index in [-0.39, 0.29) is 6.61 Å². The van der Waals surface area contributed by atoms with Crippen LogP contribution in [-0.4, -0.2) is 23.2 Å². The van der Waals surface area contributed by atoms with E-state index in [1.165, 1.54) is 0 Å². The lowest BCUT2D eigenvalue weighted by Gasteiger charge is -2.23. The number of hydrogen-bond acceptors (Lipinski definition) is 3. The Labute approximate surface area is 104 Å². The molecule has 0 atom stereocenters. The van der Waals surface area contributed by atoms with Gasteiger partial charge in [0.05, 0.1) is 6.61 Å². The second-order valence-corrected chi connectivity index (χ2v) is 4.65. The van der Waals surface area contributed by atoms with E-state index in [2.05, 4.69) is 37.6 Å². The molecule has 0 fully saturated rings. The molecule has 3 heteroatoms. The molecule has 1 heterocycles. The van der Waals surface area contributed by atoms with Crippen LogP contribution in [0.5, 0.6) is 0 Å². The summed E-state index contributed by atoms with van der Waals surface area (Å²) in [5.41, 5.74) is 2.01. The van der Waals surface area contributed by atoms with Crippen LogP contribution in [0, 0.1) is 0 Å². The monoisotopic (exact) mass is 236 g/mol. The van der Waals surface area contributed by atoms with Crippen LogP contribution in [-0.2, 0) is 6.61 Å². The maximum atomic E-state index is 9.31. The highest BCUT2D eigenvalue weighted by Crippen LogP contribution is 2.20. The van der Waals surface area contributed by atoms with Gasteiger partial charge < -0.3 is 10.0 Å². The average Bonchev–Trinajstić information content (AvgIpc) is 2.35. The number of anilines is 1. The zero-order chi connectivity index (χ0) is 12.8. The van der Waals surface area contributed by atoms with Crippen molar-refractivity contribution in [1.29, 1.82) is 0 Å². The van der Waals surface area contributed by atoms with Gasteiger partial charge in [0, 0.05) is 18.8 Å². The molecule has 0 radical (unpaired) electrons. The molecule has 1 rings (SSSR count). The molecule has 96 valence electrons. The van der Waals surface area contributed by atoms with E-state index in [4.69, 9.17) is 0 Å². The molecule has 0 aliphatic carbocycles. The molecule has 0 bridgehead atoms. The molecule has 0 amide bonds. The smallest absolute Gasteiger partial charge is 0.129 e. The lowest BCUT2D eigenvalue weighted by molar-refractivity contribution is 0.281. The minimum absolute atomic E-state index is 0.0823. The third-order valence-corrected chi connectivity index (χ3v) is 2.86. The second-order valence-electron chi connectivity index (χ2n) is 4.65. The van der Waals surface area contributed by atoms with Gasteiger partial charge >= 0.3 is 0 Å². The summed E-state index contributed by atoms with van der Waals surface area (Å²) >= 11 is 0. The maximum absolute atomic E-state index is 9.31. The maximum Gasteiger partial charge on any atom is 0.129 e. The predicted molar refractivity (Wildman–Crippen MR) is 72.4 cm³/mol. The molecule has 0 saturated carbocycles. The minimum Gasteiger partial charge on any atom is -0.392 e. The SMILES string of the molecule is CCCN(CC)c1cc(CO)cc(C(C)C)n1. The molecule has 17 heavy (non-hydrogen) atoms. The van der Waals surface area contributed by atoms with Crippen LogP contribution in [0.3, 0.4) is 0 Å². The molecule has 0 aliphatic rings. The summed E-state index contributed by atoms with van der Waals surface area (Å²) < 4.78 is 0. The first-order valence-corrected chi connectivity index (χ1v) is 6.49. The Kier molecular flexibility index (Phi) is 5.42. The summed E-state index contributed by atoms with van der Waals surface area (Å²) in [5, 5.41) is 9.31. The van der Waals surface area contributed by atoms with Crippen molar-refractivity contribution in [2.24, 2.45) is 0 Å². The summed E-state index contributed by atoms with van der Waals surface area (Å²) in [5.74, 6) is 1.38. The van der Waals surface area contributed by atoms with Crippen LogP contribution >= 0.6 is 0 Å². The lowest BCUT2D eigenvalue weighted by atomic mass is 10.1. The van der Waals surface area contributed by atoms with Gasteiger partial charge in [-0.3, -0.25) is 0 Å². The summed E-state index contributed by atoms with van der Waals surface area (Å²) in [7, 11) is 0. The molecule has 0 unspecified atom stereocenters. The van der Waals surface area contributed by atoms with Gasteiger partial charge in [0.25, 0.3) is 0 Å². The van der Waals surface area contributed by atoms with Gasteiger partial charge in [0.1, 0.15) is 5.82 Å². The normalized spacial score (nSPS) is 10.9. The number of aliphatic hydroxyl groups is 1. The van der Waals surface area contributed by atoms with Crippen LogP contribution in [0.1, 0.15) is 51.3 Å². The van der Waals surface area contributed by atoms with E-state index in [9.17, 15) is 5.11 Å². The van der Waals surface area contributed by atoms with E-state index >= 15 is 0 Å². The lowest BCUT2D eigenvalue weighted by Crippen LogP contribution is -2.25. The van der Waals surface area contributed by atoms with Crippen molar-refractivity contribution in [1.82, 2.24) is 4.98 Å². The van der Waals surface area contributed by atoms with Gasteiger partial charge in [-0.2, -0.15) is 0 Å². The number of pyridine rings is 1. The number of aliphatic hydroxyl groups excluding tert-OH is 1. The zero-order valence-corrected chi connectivity index (χ0v) is 11.4. The summed E-state index contributed by atoms with van der Waals surface area (Å²) in [6.07, 6.45) is 1.11. The van der Waals surface area contributed by atoms with Gasteiger partial charge in [-0.1, -0.05) is 20.8 Å². The molecular formula is C14H24N2O. The number of rotatable bonds is 6. The van der Waals surface area contributed by atoms with Crippen molar-refractivity contribution in [3.8, 4) is 0 Å². The Morgan fingerprint density at radius 3 is 2.47 bits per heavy atom. The first-order valence-electron chi connectivity index (χ1n) is 6.49. The fourth-order valence-electron chi connectivity index (χ4n) is 1.85. The van der Waals surface area contributed by atoms with Crippen LogP contribution < -0.4 is 4.90 Å². The highest BCUT2D eigenvalue weighted by molar-refractivity contribution is 5.43. The molecule has 0 aliphatic heterocycles. The highest BCUT2D eigenvalue weighted by atomic mass is 16.3. The van der Waals surface area contributed by atoms with Crippen molar-refractivity contribution in [2.75, 3.05) is 18.0 Å². The predicted octanol–water partition coefficient (Wildman–Crippen LogP) is 2.93. The van der Waals surface area contributed by atoms with Crippen LogP contribution in [0.25, 0.3) is 0 Å². The molecule has 1 N–H and O–H groups in total. The third-order valence-electron chi connectivity index (χ3n) is 2.86. The van der Waals surface area contributed by atoms with Crippen molar-refractivity contribution in [2.45, 2.75) is 46.6 Å². The van der Waals surface area contributed by atoms with E-state index in [1.54, 1.807) is 0 Å². The molecule has 0 saturated heterocycles. The average molecular weight is 236 g/mol. The Morgan fingerprint density at radius 2 is 2.00 bits per heavy atom. The first-order chi connectivity index (χ1) is 8.12. The van der Waals surface area contributed by atoms with Crippen LogP contribution in [0.4, 0.5) is 5.82 Å². The Bertz CT molecular complexity index is 350. The van der Waals surface area contributed by atoms with E-state index < -0.39 is 0 Å². The van der Waals surface area contributed by atoms with E-state index in [0.717, 1.165) is 36.6 Å². The summed E-state index contributed by atoms with van der Waals surface area (Å²) in [6, 6.07) is 3.99. The quantitative estimate of drug-likeness (QED) is 0.825. The number of hydrogen-bond donors (Lipinski definition) is 1. The number of aromatic nitrogens is 1. The number of nitrogens with zero attached hydrogens (tertiary/aromatic N) is 2. The van der Waals surface area contributed by atoms with Gasteiger partial charge in [-0.05, 0) is 37.0 Å². The highest BCUT2D eigenvalue weighted by Gasteiger charge is 2.10.